The monoisotopic (exact) mass is 301 g/mol. The number of carbonyl (C=O) groups excluding carboxylic acids is 1. The standard InChI is InChI=1S/C18H27N3O/c1-4-14-12-21(13-14)18(2,3)16-9-7-8-15(19-16)17(22)20-10-5-6-11-20/h7-9,14H,4-6,10-13H2,1-3H3. The fourth-order valence-electron chi connectivity index (χ4n) is 3.42. The molecule has 0 saturated carbocycles. The summed E-state index contributed by atoms with van der Waals surface area (Å²) in [6, 6.07) is 5.88. The molecular weight excluding hydrogens is 274 g/mol. The largest absolute Gasteiger partial charge is 0.337 e. The van der Waals surface area contributed by atoms with E-state index in [1.165, 1.54) is 6.42 Å². The Morgan fingerprint density at radius 3 is 2.59 bits per heavy atom. The topological polar surface area (TPSA) is 36.4 Å². The normalized spacial score (nSPS) is 20.2. The zero-order chi connectivity index (χ0) is 15.7. The van der Waals surface area contributed by atoms with Crippen molar-refractivity contribution < 1.29 is 4.79 Å². The number of aromatic nitrogens is 1. The molecule has 3 heterocycles. The van der Waals surface area contributed by atoms with Crippen molar-refractivity contribution in [2.24, 2.45) is 5.92 Å². The number of hydrogen-bond donors (Lipinski definition) is 0. The highest BCUT2D eigenvalue weighted by Gasteiger charge is 2.38. The summed E-state index contributed by atoms with van der Waals surface area (Å²) in [5.41, 5.74) is 1.50. The Kier molecular flexibility index (Phi) is 4.22. The molecule has 0 radical (unpaired) electrons. The lowest BCUT2D eigenvalue weighted by atomic mass is 9.87. The van der Waals surface area contributed by atoms with Crippen LogP contribution in [0.2, 0.25) is 0 Å². The molecule has 0 spiro atoms. The van der Waals surface area contributed by atoms with E-state index in [-0.39, 0.29) is 11.4 Å². The molecule has 1 aromatic heterocycles. The lowest BCUT2D eigenvalue weighted by Crippen LogP contribution is -2.55. The van der Waals surface area contributed by atoms with Crippen molar-refractivity contribution in [1.29, 1.82) is 0 Å². The summed E-state index contributed by atoms with van der Waals surface area (Å²) in [7, 11) is 0. The second-order valence-electron chi connectivity index (χ2n) is 7.15. The summed E-state index contributed by atoms with van der Waals surface area (Å²) in [6.07, 6.45) is 3.47. The third-order valence-corrected chi connectivity index (χ3v) is 5.31. The van der Waals surface area contributed by atoms with Gasteiger partial charge in [0, 0.05) is 26.2 Å². The lowest BCUT2D eigenvalue weighted by molar-refractivity contribution is -0.00269. The molecular formula is C18H27N3O. The van der Waals surface area contributed by atoms with E-state index in [9.17, 15) is 4.79 Å². The second-order valence-corrected chi connectivity index (χ2v) is 7.15. The van der Waals surface area contributed by atoms with E-state index in [2.05, 4.69) is 31.7 Å². The number of pyridine rings is 1. The molecule has 0 bridgehead atoms. The van der Waals surface area contributed by atoms with E-state index < -0.39 is 0 Å². The smallest absolute Gasteiger partial charge is 0.272 e. The number of nitrogens with zero attached hydrogens (tertiary/aromatic N) is 3. The van der Waals surface area contributed by atoms with E-state index in [0.29, 0.717) is 5.69 Å². The van der Waals surface area contributed by atoms with Gasteiger partial charge < -0.3 is 4.90 Å². The summed E-state index contributed by atoms with van der Waals surface area (Å²) >= 11 is 0. The Morgan fingerprint density at radius 2 is 1.95 bits per heavy atom. The first-order valence-electron chi connectivity index (χ1n) is 8.54. The minimum atomic E-state index is -0.104. The molecule has 1 aromatic rings. The molecule has 2 saturated heterocycles. The molecule has 2 aliphatic rings. The summed E-state index contributed by atoms with van der Waals surface area (Å²) in [5, 5.41) is 0. The third-order valence-electron chi connectivity index (χ3n) is 5.31. The van der Waals surface area contributed by atoms with Crippen LogP contribution in [0.15, 0.2) is 18.2 Å². The van der Waals surface area contributed by atoms with Crippen LogP contribution in [0.1, 0.15) is 56.2 Å². The van der Waals surface area contributed by atoms with Crippen LogP contribution in [0.25, 0.3) is 0 Å². The first-order valence-corrected chi connectivity index (χ1v) is 8.54. The van der Waals surface area contributed by atoms with Crippen molar-refractivity contribution in [3.05, 3.63) is 29.6 Å². The minimum absolute atomic E-state index is 0.0881. The average Bonchev–Trinajstić information content (AvgIpc) is 2.99. The van der Waals surface area contributed by atoms with Crippen molar-refractivity contribution in [1.82, 2.24) is 14.8 Å². The van der Waals surface area contributed by atoms with Gasteiger partial charge in [-0.2, -0.15) is 0 Å². The van der Waals surface area contributed by atoms with E-state index in [1.54, 1.807) is 0 Å². The molecule has 0 aliphatic carbocycles. The van der Waals surface area contributed by atoms with E-state index in [0.717, 1.165) is 50.6 Å². The van der Waals surface area contributed by atoms with Crippen molar-refractivity contribution in [2.45, 2.75) is 45.6 Å². The fraction of sp³-hybridized carbons (Fsp3) is 0.667. The molecule has 3 rings (SSSR count). The van der Waals surface area contributed by atoms with Crippen LogP contribution < -0.4 is 0 Å². The zero-order valence-electron chi connectivity index (χ0n) is 14.0. The average molecular weight is 301 g/mol. The molecule has 4 nitrogen and oxygen atoms in total. The fourth-order valence-corrected chi connectivity index (χ4v) is 3.42. The van der Waals surface area contributed by atoms with Gasteiger partial charge in [-0.25, -0.2) is 4.98 Å². The number of hydrogen-bond acceptors (Lipinski definition) is 3. The molecule has 0 atom stereocenters. The van der Waals surface area contributed by atoms with Gasteiger partial charge in [0.25, 0.3) is 5.91 Å². The van der Waals surface area contributed by atoms with Crippen LogP contribution in [-0.4, -0.2) is 46.9 Å². The molecule has 0 aromatic carbocycles. The number of carbonyl (C=O) groups is 1. The Balaban J connectivity index is 1.77. The first kappa shape index (κ1) is 15.5. The molecule has 2 aliphatic heterocycles. The van der Waals surface area contributed by atoms with Crippen LogP contribution in [0.3, 0.4) is 0 Å². The maximum Gasteiger partial charge on any atom is 0.272 e. The molecule has 1 amide bonds. The SMILES string of the molecule is CCC1CN(C(C)(C)c2cccc(C(=O)N3CCCC3)n2)C1. The van der Waals surface area contributed by atoms with Gasteiger partial charge >= 0.3 is 0 Å². The molecule has 0 N–H and O–H groups in total. The van der Waals surface area contributed by atoms with Gasteiger partial charge in [0.15, 0.2) is 0 Å². The summed E-state index contributed by atoms with van der Waals surface area (Å²) < 4.78 is 0. The van der Waals surface area contributed by atoms with Crippen molar-refractivity contribution in [3.63, 3.8) is 0 Å². The van der Waals surface area contributed by atoms with Crippen LogP contribution in [0.5, 0.6) is 0 Å². The van der Waals surface area contributed by atoms with Gasteiger partial charge in [-0.3, -0.25) is 9.69 Å². The van der Waals surface area contributed by atoms with Crippen LogP contribution in [-0.2, 0) is 5.54 Å². The first-order chi connectivity index (χ1) is 10.5. The quantitative estimate of drug-likeness (QED) is 0.858. The Morgan fingerprint density at radius 1 is 1.27 bits per heavy atom. The predicted octanol–water partition coefficient (Wildman–Crippen LogP) is 2.89. The maximum absolute atomic E-state index is 12.5. The summed E-state index contributed by atoms with van der Waals surface area (Å²) in [5.74, 6) is 0.902. The van der Waals surface area contributed by atoms with Gasteiger partial charge in [0.05, 0.1) is 11.2 Å². The molecule has 2 fully saturated rings. The molecule has 4 heteroatoms. The van der Waals surface area contributed by atoms with Crippen molar-refractivity contribution in [3.8, 4) is 0 Å². The van der Waals surface area contributed by atoms with Crippen LogP contribution >= 0.6 is 0 Å². The van der Waals surface area contributed by atoms with E-state index in [1.807, 2.05) is 17.0 Å². The third kappa shape index (κ3) is 2.76. The highest BCUT2D eigenvalue weighted by atomic mass is 16.2. The van der Waals surface area contributed by atoms with Crippen molar-refractivity contribution in [2.75, 3.05) is 26.2 Å². The highest BCUT2D eigenvalue weighted by Crippen LogP contribution is 2.34. The lowest BCUT2D eigenvalue weighted by Gasteiger charge is -2.49. The predicted molar refractivity (Wildman–Crippen MR) is 87.8 cm³/mol. The Bertz CT molecular complexity index is 543. The molecule has 22 heavy (non-hydrogen) atoms. The van der Waals surface area contributed by atoms with E-state index >= 15 is 0 Å². The number of rotatable bonds is 4. The summed E-state index contributed by atoms with van der Waals surface area (Å²) in [4.78, 5) is 21.6. The Labute approximate surface area is 133 Å². The maximum atomic E-state index is 12.5. The minimum Gasteiger partial charge on any atom is -0.337 e. The van der Waals surface area contributed by atoms with Gasteiger partial charge in [-0.15, -0.1) is 0 Å². The van der Waals surface area contributed by atoms with Gasteiger partial charge in [-0.1, -0.05) is 19.4 Å². The molecule has 120 valence electrons. The molecule has 0 unspecified atom stereocenters. The number of amides is 1. The van der Waals surface area contributed by atoms with Gasteiger partial charge in [-0.05, 0) is 44.7 Å². The number of likely N-dealkylation sites (tertiary alicyclic amines) is 2. The summed E-state index contributed by atoms with van der Waals surface area (Å²) in [6.45, 7) is 10.7. The van der Waals surface area contributed by atoms with E-state index in [4.69, 9.17) is 4.98 Å². The van der Waals surface area contributed by atoms with Crippen LogP contribution in [0, 0.1) is 5.92 Å². The van der Waals surface area contributed by atoms with Gasteiger partial charge in [0.2, 0.25) is 0 Å². The zero-order valence-corrected chi connectivity index (χ0v) is 14.0. The van der Waals surface area contributed by atoms with Crippen molar-refractivity contribution >= 4 is 5.91 Å². The second kappa shape index (κ2) is 5.99. The van der Waals surface area contributed by atoms with Gasteiger partial charge in [0.1, 0.15) is 5.69 Å². The highest BCUT2D eigenvalue weighted by molar-refractivity contribution is 5.92. The Hall–Kier alpha value is -1.42. The van der Waals surface area contributed by atoms with Crippen LogP contribution in [0.4, 0.5) is 0 Å².